The molecule has 0 radical (unpaired) electrons. The molecule has 7 rings (SSSR count). The third kappa shape index (κ3) is 6.50. The molecule has 6 heterocycles. The maximum atomic E-state index is 17.0. The lowest BCUT2D eigenvalue weighted by Crippen LogP contribution is -2.39. The molecule has 18 heteroatoms. The Hall–Kier alpha value is -5.39. The van der Waals surface area contributed by atoms with Gasteiger partial charge in [-0.3, -0.25) is 9.89 Å². The molecule has 4 N–H and O–H groups in total. The van der Waals surface area contributed by atoms with Gasteiger partial charge < -0.3 is 30.1 Å². The number of ether oxygens (including phenoxy) is 2. The lowest BCUT2D eigenvalue weighted by molar-refractivity contribution is -0.137. The average molecular weight is 716 g/mol. The quantitative estimate of drug-likeness (QED) is 0.146. The second-order valence-corrected chi connectivity index (χ2v) is 12.5. The van der Waals surface area contributed by atoms with Crippen LogP contribution in [-0.2, 0) is 11.0 Å². The molecule has 1 saturated heterocycles. The van der Waals surface area contributed by atoms with E-state index in [1.807, 2.05) is 14.0 Å². The number of pyridine rings is 2. The van der Waals surface area contributed by atoms with Crippen LogP contribution in [0, 0.1) is 18.6 Å². The summed E-state index contributed by atoms with van der Waals surface area (Å²) in [6.45, 7) is 5.64. The Labute approximate surface area is 287 Å². The summed E-state index contributed by atoms with van der Waals surface area (Å²) in [6, 6.07) is 1.26. The SMILES string of the molecule is Cc1cc2[nH]ncc2c(-c2nc3c4c(nc(OC[C@H]5CCCN5C)nc4c2F)N([C@H](C)c2cc(F)cnc2N)[C@@H](C)CO3)c1C(F)(F)F.O=CO. The van der Waals surface area contributed by atoms with Crippen LogP contribution in [0.15, 0.2) is 24.5 Å². The van der Waals surface area contributed by atoms with Crippen molar-refractivity contribution in [1.29, 1.82) is 0 Å². The molecule has 0 spiro atoms. The molecule has 0 bridgehead atoms. The number of nitrogens with zero attached hydrogens (tertiary/aromatic N) is 7. The minimum absolute atomic E-state index is 0.0189. The van der Waals surface area contributed by atoms with Gasteiger partial charge in [0, 0.05) is 22.6 Å². The standard InChI is InChI=1S/C32H32F5N9O2.CH2O2/c1-14-8-21-20(11-40-44-21)22(24(14)32(35,36)37)26-25(34)27-23-29(43-31(42-27)48-13-18-6-5-7-45(18)4)46(15(2)12-47-30(23)41-26)16(3)19-9-17(33)10-39-28(19)38;2-1-3/h8-11,15-16,18H,5-7,12-13H2,1-4H3,(H2,38,39)(H,40,44);1H,(H,2,3)/t15-,16+,18+;/m0./s1. The topological polar surface area (TPSA) is 168 Å². The second kappa shape index (κ2) is 13.7. The smallest absolute Gasteiger partial charge is 0.417 e. The zero-order chi connectivity index (χ0) is 36.8. The predicted octanol–water partition coefficient (Wildman–Crippen LogP) is 5.67. The Morgan fingerprint density at radius 2 is 1.96 bits per heavy atom. The lowest BCUT2D eigenvalue weighted by atomic mass is 9.94. The van der Waals surface area contributed by atoms with Gasteiger partial charge in [0.1, 0.15) is 47.3 Å². The molecule has 1 aromatic carbocycles. The summed E-state index contributed by atoms with van der Waals surface area (Å²) in [5, 5.41) is 13.5. The van der Waals surface area contributed by atoms with Crippen LogP contribution in [0.1, 0.15) is 49.4 Å². The van der Waals surface area contributed by atoms with E-state index in [1.54, 1.807) is 11.8 Å². The van der Waals surface area contributed by atoms with Crippen molar-refractivity contribution in [3.8, 4) is 23.1 Å². The number of aromatic amines is 1. The van der Waals surface area contributed by atoms with E-state index in [4.69, 9.17) is 30.1 Å². The van der Waals surface area contributed by atoms with Crippen molar-refractivity contribution in [2.24, 2.45) is 0 Å². The van der Waals surface area contributed by atoms with Crippen LogP contribution in [0.3, 0.4) is 0 Å². The van der Waals surface area contributed by atoms with Gasteiger partial charge in [-0.1, -0.05) is 0 Å². The van der Waals surface area contributed by atoms with E-state index in [1.165, 1.54) is 25.3 Å². The summed E-state index contributed by atoms with van der Waals surface area (Å²) in [5.74, 6) is -1.69. The number of H-pyrrole nitrogens is 1. The van der Waals surface area contributed by atoms with Gasteiger partial charge in [-0.15, -0.1) is 0 Å². The first-order chi connectivity index (χ1) is 24.2. The van der Waals surface area contributed by atoms with Crippen LogP contribution >= 0.6 is 0 Å². The maximum Gasteiger partial charge on any atom is 0.417 e. The number of benzene rings is 1. The number of rotatable bonds is 6. The molecule has 13 nitrogen and oxygen atoms in total. The number of carbonyl (C=O) groups is 1. The number of fused-ring (bicyclic) bond motifs is 1. The Kier molecular flexibility index (Phi) is 9.54. The zero-order valence-electron chi connectivity index (χ0n) is 27.9. The Morgan fingerprint density at radius 1 is 1.22 bits per heavy atom. The van der Waals surface area contributed by atoms with Gasteiger partial charge >= 0.3 is 12.2 Å². The molecule has 3 atom stereocenters. The van der Waals surface area contributed by atoms with E-state index in [2.05, 4.69) is 30.0 Å². The normalized spacial score (nSPS) is 18.3. The molecule has 0 amide bonds. The van der Waals surface area contributed by atoms with Crippen LogP contribution in [-0.4, -0.2) is 85.5 Å². The number of alkyl halides is 3. The second-order valence-electron chi connectivity index (χ2n) is 12.5. The number of nitrogen functional groups attached to an aromatic ring is 1. The molecule has 0 unspecified atom stereocenters. The summed E-state index contributed by atoms with van der Waals surface area (Å²) in [5.41, 5.74) is 4.12. The number of nitrogens with two attached hydrogens (primary N) is 1. The highest BCUT2D eigenvalue weighted by Gasteiger charge is 2.40. The molecule has 2 aliphatic rings. The monoisotopic (exact) mass is 715 g/mol. The highest BCUT2D eigenvalue weighted by Crippen LogP contribution is 2.47. The number of nitrogens with one attached hydrogen (secondary N) is 1. The Bertz CT molecular complexity index is 2110. The van der Waals surface area contributed by atoms with E-state index >= 15 is 4.39 Å². The number of halogens is 5. The number of aryl methyl sites for hydroxylation is 1. The van der Waals surface area contributed by atoms with E-state index < -0.39 is 46.7 Å². The van der Waals surface area contributed by atoms with Crippen molar-refractivity contribution < 1.29 is 41.3 Å². The fourth-order valence-electron chi connectivity index (χ4n) is 6.83. The molecule has 270 valence electrons. The number of likely N-dealkylation sites (N-methyl/N-ethyl adjacent to an activating group) is 1. The summed E-state index contributed by atoms with van der Waals surface area (Å²) >= 11 is 0. The zero-order valence-corrected chi connectivity index (χ0v) is 27.9. The molecule has 0 saturated carbocycles. The average Bonchev–Trinajstić information content (AvgIpc) is 3.68. The highest BCUT2D eigenvalue weighted by molar-refractivity contribution is 6.02. The van der Waals surface area contributed by atoms with Crippen molar-refractivity contribution >= 4 is 39.9 Å². The summed E-state index contributed by atoms with van der Waals surface area (Å²) < 4.78 is 87.5. The van der Waals surface area contributed by atoms with E-state index in [0.29, 0.717) is 5.56 Å². The molecule has 0 aliphatic carbocycles. The largest absolute Gasteiger partial charge is 0.483 e. The third-order valence-corrected chi connectivity index (χ3v) is 9.22. The molecule has 51 heavy (non-hydrogen) atoms. The van der Waals surface area contributed by atoms with Gasteiger partial charge in [0.15, 0.2) is 5.82 Å². The number of hydrogen-bond acceptors (Lipinski definition) is 11. The Morgan fingerprint density at radius 3 is 2.65 bits per heavy atom. The first kappa shape index (κ1) is 35.4. The van der Waals surface area contributed by atoms with Crippen LogP contribution in [0.25, 0.3) is 33.1 Å². The van der Waals surface area contributed by atoms with Gasteiger partial charge in [0.25, 0.3) is 6.47 Å². The van der Waals surface area contributed by atoms with Crippen molar-refractivity contribution in [3.63, 3.8) is 0 Å². The first-order valence-corrected chi connectivity index (χ1v) is 15.9. The van der Waals surface area contributed by atoms with Crippen LogP contribution in [0.2, 0.25) is 0 Å². The van der Waals surface area contributed by atoms with Crippen LogP contribution in [0.5, 0.6) is 11.9 Å². The third-order valence-electron chi connectivity index (χ3n) is 9.22. The van der Waals surface area contributed by atoms with Gasteiger partial charge in [0.05, 0.1) is 35.6 Å². The number of carboxylic acid groups (broad SMARTS) is 1. The fraction of sp³-hybridized carbons (Fsp3) is 0.394. The summed E-state index contributed by atoms with van der Waals surface area (Å²) in [6.07, 6.45) is -0.808. The fourth-order valence-corrected chi connectivity index (χ4v) is 6.83. The molecule has 4 aromatic heterocycles. The van der Waals surface area contributed by atoms with Gasteiger partial charge in [-0.2, -0.15) is 28.2 Å². The van der Waals surface area contributed by atoms with E-state index in [9.17, 15) is 17.6 Å². The minimum atomic E-state index is -4.86. The van der Waals surface area contributed by atoms with E-state index in [0.717, 1.165) is 25.6 Å². The number of anilines is 2. The van der Waals surface area contributed by atoms with Crippen molar-refractivity contribution in [3.05, 3.63) is 52.9 Å². The van der Waals surface area contributed by atoms with Gasteiger partial charge in [-0.05, 0) is 64.9 Å². The lowest BCUT2D eigenvalue weighted by Gasteiger charge is -2.35. The van der Waals surface area contributed by atoms with Crippen molar-refractivity contribution in [2.75, 3.05) is 37.4 Å². The molecule has 2 aliphatic heterocycles. The predicted molar refractivity (Wildman–Crippen MR) is 176 cm³/mol. The van der Waals surface area contributed by atoms with E-state index in [-0.39, 0.29) is 76.6 Å². The van der Waals surface area contributed by atoms with Gasteiger partial charge in [-0.25, -0.2) is 18.7 Å². The molecular weight excluding hydrogens is 681 g/mol. The molecule has 1 fully saturated rings. The summed E-state index contributed by atoms with van der Waals surface area (Å²) in [4.78, 5) is 29.7. The first-order valence-electron chi connectivity index (χ1n) is 15.9. The minimum Gasteiger partial charge on any atom is -0.483 e. The van der Waals surface area contributed by atoms with Crippen molar-refractivity contribution in [1.82, 2.24) is 35.0 Å². The van der Waals surface area contributed by atoms with Crippen LogP contribution < -0.4 is 20.1 Å². The Balaban J connectivity index is 0.00000144. The maximum absolute atomic E-state index is 17.0. The number of likely N-dealkylation sites (tertiary alicyclic amines) is 1. The van der Waals surface area contributed by atoms with Crippen molar-refractivity contribution in [2.45, 2.75) is 57.9 Å². The van der Waals surface area contributed by atoms with Gasteiger partial charge in [0.2, 0.25) is 5.88 Å². The molecular formula is C33H34F5N9O4. The number of aromatic nitrogens is 6. The number of hydrogen-bond donors (Lipinski definition) is 3. The summed E-state index contributed by atoms with van der Waals surface area (Å²) in [7, 11) is 1.97. The van der Waals surface area contributed by atoms with Crippen LogP contribution in [0.4, 0.5) is 33.6 Å². The highest BCUT2D eigenvalue weighted by atomic mass is 19.4. The molecule has 5 aromatic rings.